The Morgan fingerprint density at radius 1 is 1.32 bits per heavy atom. The number of carbonyl (C=O) groups excluding carboxylic acids is 1. The minimum Gasteiger partial charge on any atom is -0.378 e. The molecule has 3 atom stereocenters. The van der Waals surface area contributed by atoms with E-state index < -0.39 is 5.54 Å². The van der Waals surface area contributed by atoms with Gasteiger partial charge < -0.3 is 19.9 Å². The van der Waals surface area contributed by atoms with Crippen LogP contribution < -0.4 is 5.73 Å². The molecule has 3 unspecified atom stereocenters. The maximum absolute atomic E-state index is 13.1. The average molecular weight is 438 g/mol. The van der Waals surface area contributed by atoms with Gasteiger partial charge >= 0.3 is 0 Å². The van der Waals surface area contributed by atoms with Crippen LogP contribution in [-0.4, -0.2) is 70.3 Å². The molecule has 2 N–H and O–H groups in total. The first kappa shape index (κ1) is 25.1. The van der Waals surface area contributed by atoms with Crippen molar-refractivity contribution in [3.8, 4) is 0 Å². The fraction of sp³-hybridized carbons (Fsp3) is 0.833. The van der Waals surface area contributed by atoms with E-state index in [0.29, 0.717) is 37.8 Å². The zero-order valence-electron chi connectivity index (χ0n) is 17.3. The molecule has 1 aliphatic carbocycles. The van der Waals surface area contributed by atoms with Crippen molar-refractivity contribution >= 4 is 30.7 Å². The number of amides is 1. The first-order chi connectivity index (χ1) is 12.2. The summed E-state index contributed by atoms with van der Waals surface area (Å²) in [6.07, 6.45) is 0.633. The Balaban J connectivity index is 0.00000196. The maximum atomic E-state index is 13.1. The molecule has 1 amide bonds. The first-order valence-corrected chi connectivity index (χ1v) is 9.45. The Kier molecular flexibility index (Phi) is 8.30. The van der Waals surface area contributed by atoms with Gasteiger partial charge in [0.15, 0.2) is 5.82 Å². The molecule has 162 valence electrons. The van der Waals surface area contributed by atoms with Crippen molar-refractivity contribution in [1.29, 1.82) is 0 Å². The minimum atomic E-state index is -0.843. The molecule has 1 aliphatic heterocycles. The minimum absolute atomic E-state index is 0. The van der Waals surface area contributed by atoms with Crippen LogP contribution in [0.15, 0.2) is 4.52 Å². The van der Waals surface area contributed by atoms with E-state index in [-0.39, 0.29) is 48.3 Å². The number of aryl methyl sites for hydroxylation is 1. The number of aromatic nitrogens is 2. The summed E-state index contributed by atoms with van der Waals surface area (Å²) >= 11 is 0. The molecule has 3 rings (SSSR count). The van der Waals surface area contributed by atoms with Gasteiger partial charge in [0.1, 0.15) is 5.54 Å². The van der Waals surface area contributed by atoms with E-state index >= 15 is 0 Å². The van der Waals surface area contributed by atoms with E-state index in [0.717, 1.165) is 13.1 Å². The Hall–Kier alpha value is -0.930. The van der Waals surface area contributed by atoms with Gasteiger partial charge in [-0.25, -0.2) is 0 Å². The largest absolute Gasteiger partial charge is 0.378 e. The van der Waals surface area contributed by atoms with Crippen LogP contribution in [0.5, 0.6) is 0 Å². The van der Waals surface area contributed by atoms with Gasteiger partial charge in [-0.1, -0.05) is 19.0 Å². The van der Waals surface area contributed by atoms with Gasteiger partial charge in [-0.15, -0.1) is 24.8 Å². The molecule has 1 saturated heterocycles. The highest BCUT2D eigenvalue weighted by atomic mass is 35.5. The monoisotopic (exact) mass is 437 g/mol. The highest BCUT2D eigenvalue weighted by Crippen LogP contribution is 2.50. The van der Waals surface area contributed by atoms with E-state index in [1.54, 1.807) is 0 Å². The fourth-order valence-electron chi connectivity index (χ4n) is 4.03. The predicted molar refractivity (Wildman–Crippen MR) is 111 cm³/mol. The second-order valence-corrected chi connectivity index (χ2v) is 8.03. The van der Waals surface area contributed by atoms with Crippen molar-refractivity contribution in [2.75, 3.05) is 32.8 Å². The number of ether oxygens (including phenoxy) is 1. The number of carbonyl (C=O) groups is 1. The number of nitrogens with two attached hydrogens (primary N) is 1. The molecule has 28 heavy (non-hydrogen) atoms. The van der Waals surface area contributed by atoms with Gasteiger partial charge in [-0.3, -0.25) is 9.69 Å². The SMILES string of the molecule is CCOC1CC(N)(C(=O)N2CCN(C(C)c3nc(C)no3)CC2)C1(C)C.Cl.Cl. The van der Waals surface area contributed by atoms with Gasteiger partial charge in [0.05, 0.1) is 12.1 Å². The van der Waals surface area contributed by atoms with E-state index in [4.69, 9.17) is 15.0 Å². The first-order valence-electron chi connectivity index (χ1n) is 9.45. The van der Waals surface area contributed by atoms with Crippen molar-refractivity contribution in [1.82, 2.24) is 19.9 Å². The van der Waals surface area contributed by atoms with Crippen LogP contribution in [0.25, 0.3) is 0 Å². The van der Waals surface area contributed by atoms with Crippen LogP contribution in [0.2, 0.25) is 0 Å². The number of halogens is 2. The summed E-state index contributed by atoms with van der Waals surface area (Å²) in [4.78, 5) is 21.6. The highest BCUT2D eigenvalue weighted by Gasteiger charge is 2.63. The summed E-state index contributed by atoms with van der Waals surface area (Å²) < 4.78 is 11.0. The van der Waals surface area contributed by atoms with E-state index in [1.807, 2.05) is 32.6 Å². The normalized spacial score (nSPS) is 27.9. The van der Waals surface area contributed by atoms with Crippen LogP contribution >= 0.6 is 24.8 Å². The van der Waals surface area contributed by atoms with E-state index in [2.05, 4.69) is 22.0 Å². The zero-order chi connectivity index (χ0) is 19.1. The molecular weight excluding hydrogens is 405 g/mol. The zero-order valence-corrected chi connectivity index (χ0v) is 18.9. The Morgan fingerprint density at radius 2 is 1.93 bits per heavy atom. The van der Waals surface area contributed by atoms with Crippen molar-refractivity contribution in [2.24, 2.45) is 11.1 Å². The Bertz CT molecular complexity index is 663. The highest BCUT2D eigenvalue weighted by molar-refractivity contribution is 5.89. The third-order valence-electron chi connectivity index (χ3n) is 6.26. The summed E-state index contributed by atoms with van der Waals surface area (Å²) in [7, 11) is 0. The third-order valence-corrected chi connectivity index (χ3v) is 6.26. The molecule has 0 radical (unpaired) electrons. The number of piperazine rings is 1. The summed E-state index contributed by atoms with van der Waals surface area (Å²) in [6, 6.07) is 0.0442. The van der Waals surface area contributed by atoms with Crippen molar-refractivity contribution in [3.05, 3.63) is 11.7 Å². The number of nitrogens with zero attached hydrogens (tertiary/aromatic N) is 4. The molecule has 1 aromatic heterocycles. The van der Waals surface area contributed by atoms with Gasteiger partial charge in [0.2, 0.25) is 11.8 Å². The number of rotatable bonds is 5. The van der Waals surface area contributed by atoms with Gasteiger partial charge in [-0.05, 0) is 20.8 Å². The lowest BCUT2D eigenvalue weighted by atomic mass is 9.54. The van der Waals surface area contributed by atoms with Gasteiger partial charge in [0.25, 0.3) is 0 Å². The predicted octanol–water partition coefficient (Wildman–Crippen LogP) is 1.96. The van der Waals surface area contributed by atoms with Crippen molar-refractivity contribution < 1.29 is 14.1 Å². The lowest BCUT2D eigenvalue weighted by Gasteiger charge is -2.59. The van der Waals surface area contributed by atoms with Crippen LogP contribution in [0.3, 0.4) is 0 Å². The lowest BCUT2D eigenvalue weighted by Crippen LogP contribution is -2.76. The van der Waals surface area contributed by atoms with E-state index in [9.17, 15) is 4.79 Å². The van der Waals surface area contributed by atoms with Crippen molar-refractivity contribution in [2.45, 2.75) is 58.7 Å². The molecule has 10 heteroatoms. The molecule has 2 heterocycles. The van der Waals surface area contributed by atoms with Crippen LogP contribution in [0.4, 0.5) is 0 Å². The number of hydrogen-bond donors (Lipinski definition) is 1. The summed E-state index contributed by atoms with van der Waals surface area (Å²) in [6.45, 7) is 13.4. The van der Waals surface area contributed by atoms with Gasteiger partial charge in [0, 0.05) is 44.6 Å². The second kappa shape index (κ2) is 9.26. The Labute approximate surface area is 179 Å². The lowest BCUT2D eigenvalue weighted by molar-refractivity contribution is -0.180. The van der Waals surface area contributed by atoms with Crippen LogP contribution in [0.1, 0.15) is 51.9 Å². The van der Waals surface area contributed by atoms with Crippen molar-refractivity contribution in [3.63, 3.8) is 0 Å². The topological polar surface area (TPSA) is 97.7 Å². The third kappa shape index (κ3) is 4.16. The maximum Gasteiger partial charge on any atom is 0.243 e. The van der Waals surface area contributed by atoms with E-state index in [1.165, 1.54) is 0 Å². The smallest absolute Gasteiger partial charge is 0.243 e. The molecular formula is C18H33Cl2N5O3. The van der Waals surface area contributed by atoms with Crippen LogP contribution in [0, 0.1) is 12.3 Å². The molecule has 8 nitrogen and oxygen atoms in total. The van der Waals surface area contributed by atoms with Gasteiger partial charge in [-0.2, -0.15) is 4.98 Å². The Morgan fingerprint density at radius 3 is 2.39 bits per heavy atom. The molecule has 0 bridgehead atoms. The molecule has 0 aromatic carbocycles. The average Bonchev–Trinajstić information content (AvgIpc) is 3.06. The molecule has 1 saturated carbocycles. The number of hydrogen-bond acceptors (Lipinski definition) is 7. The molecule has 1 aromatic rings. The molecule has 2 fully saturated rings. The quantitative estimate of drug-likeness (QED) is 0.751. The standard InChI is InChI=1S/C18H31N5O3.2ClH/c1-6-25-14-11-18(19,17(14,4)5)16(24)23-9-7-22(8-10-23)12(2)15-20-13(3)21-26-15;;/h12,14H,6-11,19H2,1-5H3;2*1H. The fourth-order valence-corrected chi connectivity index (χ4v) is 4.03. The summed E-state index contributed by atoms with van der Waals surface area (Å²) in [5, 5.41) is 3.86. The second-order valence-electron chi connectivity index (χ2n) is 8.03. The molecule has 0 spiro atoms. The molecule has 2 aliphatic rings. The summed E-state index contributed by atoms with van der Waals surface area (Å²) in [5.74, 6) is 1.30. The van der Waals surface area contributed by atoms with Crippen LogP contribution in [-0.2, 0) is 9.53 Å². The summed E-state index contributed by atoms with van der Waals surface area (Å²) in [5.41, 5.74) is 5.35.